The molecule has 0 aliphatic carbocycles. The maximum Gasteiger partial charge on any atom is 0.305 e. The van der Waals surface area contributed by atoms with Crippen LogP contribution in [0.25, 0.3) is 0 Å². The molecular formula is C13H15N3O4S. The van der Waals surface area contributed by atoms with Gasteiger partial charge in [-0.25, -0.2) is 8.42 Å². The lowest BCUT2D eigenvalue weighted by Crippen LogP contribution is -2.26. The molecular weight excluding hydrogens is 294 g/mol. The molecule has 0 saturated heterocycles. The van der Waals surface area contributed by atoms with Crippen molar-refractivity contribution in [1.29, 1.82) is 0 Å². The van der Waals surface area contributed by atoms with E-state index >= 15 is 0 Å². The van der Waals surface area contributed by atoms with Crippen molar-refractivity contribution in [2.45, 2.75) is 17.9 Å². The first kappa shape index (κ1) is 15.0. The van der Waals surface area contributed by atoms with E-state index in [1.165, 1.54) is 24.1 Å². The smallest absolute Gasteiger partial charge is 0.305 e. The zero-order chi connectivity index (χ0) is 15.5. The lowest BCUT2D eigenvalue weighted by molar-refractivity contribution is -0.137. The van der Waals surface area contributed by atoms with E-state index in [1.807, 2.05) is 0 Å². The molecule has 0 bridgehead atoms. The number of hydrogen-bond acceptors (Lipinski definition) is 4. The van der Waals surface area contributed by atoms with Crippen molar-refractivity contribution in [2.24, 2.45) is 0 Å². The van der Waals surface area contributed by atoms with Crippen molar-refractivity contribution >= 4 is 21.7 Å². The molecule has 8 heteroatoms. The molecule has 1 N–H and O–H groups in total. The summed E-state index contributed by atoms with van der Waals surface area (Å²) in [6, 6.07) is 8.67. The number of sulfonamides is 1. The highest BCUT2D eigenvalue weighted by atomic mass is 32.2. The topological polar surface area (TPSA) is 92.5 Å². The van der Waals surface area contributed by atoms with Gasteiger partial charge in [0.25, 0.3) is 10.0 Å². The molecule has 2 aromatic rings. The lowest BCUT2D eigenvalue weighted by Gasteiger charge is -2.18. The molecule has 0 radical (unpaired) electrons. The van der Waals surface area contributed by atoms with Crippen LogP contribution in [0.4, 0.5) is 5.69 Å². The quantitative estimate of drug-likeness (QED) is 0.865. The first-order chi connectivity index (χ1) is 9.91. The minimum Gasteiger partial charge on any atom is -0.481 e. The van der Waals surface area contributed by atoms with E-state index in [2.05, 4.69) is 5.10 Å². The summed E-state index contributed by atoms with van der Waals surface area (Å²) in [5.41, 5.74) is 0.538. The molecule has 0 unspecified atom stereocenters. The molecule has 0 atom stereocenters. The van der Waals surface area contributed by atoms with E-state index < -0.39 is 16.0 Å². The molecule has 21 heavy (non-hydrogen) atoms. The Hall–Kier alpha value is -2.35. The third kappa shape index (κ3) is 3.40. The number of rotatable bonds is 6. The summed E-state index contributed by atoms with van der Waals surface area (Å²) in [5, 5.41) is 12.5. The van der Waals surface area contributed by atoms with E-state index in [1.54, 1.807) is 30.3 Å². The second-order valence-electron chi connectivity index (χ2n) is 4.39. The molecule has 2 rings (SSSR count). The number of carboxylic acid groups (broad SMARTS) is 1. The van der Waals surface area contributed by atoms with Gasteiger partial charge in [0.1, 0.15) is 4.90 Å². The fourth-order valence-electron chi connectivity index (χ4n) is 1.75. The molecule has 0 aliphatic rings. The van der Waals surface area contributed by atoms with Gasteiger partial charge in [0.2, 0.25) is 0 Å². The minimum absolute atomic E-state index is 0.0271. The van der Waals surface area contributed by atoms with Crippen molar-refractivity contribution in [3.63, 3.8) is 0 Å². The number of nitrogens with zero attached hydrogens (tertiary/aromatic N) is 3. The van der Waals surface area contributed by atoms with Crippen LogP contribution in [0, 0.1) is 0 Å². The Bertz CT molecular complexity index is 725. The second-order valence-corrected chi connectivity index (χ2v) is 6.36. The van der Waals surface area contributed by atoms with Gasteiger partial charge in [0, 0.05) is 13.2 Å². The molecule has 1 heterocycles. The average Bonchev–Trinajstić information content (AvgIpc) is 2.95. The number of aromatic nitrogens is 2. The van der Waals surface area contributed by atoms with E-state index in [0.29, 0.717) is 5.69 Å². The molecule has 7 nitrogen and oxygen atoms in total. The fourth-order valence-corrected chi connectivity index (χ4v) is 2.90. The minimum atomic E-state index is -3.71. The molecule has 0 saturated carbocycles. The van der Waals surface area contributed by atoms with Crippen molar-refractivity contribution in [1.82, 2.24) is 9.78 Å². The van der Waals surface area contributed by atoms with Crippen molar-refractivity contribution < 1.29 is 18.3 Å². The summed E-state index contributed by atoms with van der Waals surface area (Å²) in [4.78, 5) is 10.5. The number of hydrogen-bond donors (Lipinski definition) is 1. The van der Waals surface area contributed by atoms with Crippen LogP contribution in [-0.4, -0.2) is 36.3 Å². The van der Waals surface area contributed by atoms with Gasteiger partial charge < -0.3 is 5.11 Å². The molecule has 0 aliphatic heterocycles. The zero-order valence-electron chi connectivity index (χ0n) is 11.4. The Balaban J connectivity index is 2.22. The van der Waals surface area contributed by atoms with Crippen molar-refractivity contribution in [3.05, 3.63) is 42.7 Å². The van der Waals surface area contributed by atoms with Crippen LogP contribution in [0.15, 0.2) is 47.6 Å². The summed E-state index contributed by atoms with van der Waals surface area (Å²) in [6.07, 6.45) is 2.43. The maximum atomic E-state index is 12.4. The first-order valence-electron chi connectivity index (χ1n) is 6.19. The molecule has 1 aromatic heterocycles. The number of para-hydroxylation sites is 1. The number of carbonyl (C=O) groups is 1. The Labute approximate surface area is 122 Å². The normalized spacial score (nSPS) is 11.3. The van der Waals surface area contributed by atoms with Gasteiger partial charge in [0.05, 0.1) is 24.8 Å². The van der Waals surface area contributed by atoms with Gasteiger partial charge in [-0.15, -0.1) is 0 Å². The van der Waals surface area contributed by atoms with Crippen LogP contribution in [-0.2, 0) is 21.4 Å². The van der Waals surface area contributed by atoms with Gasteiger partial charge in [-0.1, -0.05) is 18.2 Å². The standard InChI is InChI=1S/C13H15N3O4S/c1-15(11-5-3-2-4-6-11)21(19,20)12-9-14-16(10-12)8-7-13(17)18/h2-6,9-10H,7-8H2,1H3,(H,17,18). The summed E-state index contributed by atoms with van der Waals surface area (Å²) in [6.45, 7) is 0.125. The first-order valence-corrected chi connectivity index (χ1v) is 7.63. The van der Waals surface area contributed by atoms with Crippen LogP contribution >= 0.6 is 0 Å². The lowest BCUT2D eigenvalue weighted by atomic mass is 10.3. The van der Waals surface area contributed by atoms with E-state index in [9.17, 15) is 13.2 Å². The van der Waals surface area contributed by atoms with Crippen LogP contribution < -0.4 is 4.31 Å². The highest BCUT2D eigenvalue weighted by Gasteiger charge is 2.23. The predicted molar refractivity (Wildman–Crippen MR) is 76.5 cm³/mol. The number of aliphatic carboxylic acids is 1. The molecule has 1 aromatic carbocycles. The van der Waals surface area contributed by atoms with Crippen LogP contribution in [0.2, 0.25) is 0 Å². The highest BCUT2D eigenvalue weighted by Crippen LogP contribution is 2.21. The van der Waals surface area contributed by atoms with E-state index in [4.69, 9.17) is 5.11 Å². The van der Waals surface area contributed by atoms with Gasteiger partial charge in [-0.2, -0.15) is 5.10 Å². The van der Waals surface area contributed by atoms with Crippen molar-refractivity contribution in [2.75, 3.05) is 11.4 Å². The van der Waals surface area contributed by atoms with Gasteiger partial charge in [-0.3, -0.25) is 13.8 Å². The second kappa shape index (κ2) is 5.96. The number of anilines is 1. The van der Waals surface area contributed by atoms with E-state index in [-0.39, 0.29) is 17.9 Å². The largest absolute Gasteiger partial charge is 0.481 e. The molecule has 112 valence electrons. The Morgan fingerprint density at radius 2 is 2.00 bits per heavy atom. The highest BCUT2D eigenvalue weighted by molar-refractivity contribution is 7.92. The summed E-state index contributed by atoms with van der Waals surface area (Å²) in [7, 11) is -2.25. The fraction of sp³-hybridized carbons (Fsp3) is 0.231. The van der Waals surface area contributed by atoms with Crippen LogP contribution in [0.3, 0.4) is 0 Å². The average molecular weight is 309 g/mol. The van der Waals surface area contributed by atoms with Crippen LogP contribution in [0.1, 0.15) is 6.42 Å². The Morgan fingerprint density at radius 3 is 2.62 bits per heavy atom. The summed E-state index contributed by atoms with van der Waals surface area (Å²) in [5.74, 6) is -0.962. The van der Waals surface area contributed by atoms with E-state index in [0.717, 1.165) is 4.31 Å². The third-order valence-electron chi connectivity index (χ3n) is 2.94. The summed E-state index contributed by atoms with van der Waals surface area (Å²) < 4.78 is 27.3. The zero-order valence-corrected chi connectivity index (χ0v) is 12.2. The Kier molecular flexibility index (Phi) is 4.27. The number of benzene rings is 1. The van der Waals surface area contributed by atoms with Crippen LogP contribution in [0.5, 0.6) is 0 Å². The van der Waals surface area contributed by atoms with Crippen molar-refractivity contribution in [3.8, 4) is 0 Å². The molecule has 0 spiro atoms. The monoisotopic (exact) mass is 309 g/mol. The number of carboxylic acids is 1. The summed E-state index contributed by atoms with van der Waals surface area (Å²) >= 11 is 0. The van der Waals surface area contributed by atoms with Gasteiger partial charge in [0.15, 0.2) is 0 Å². The predicted octanol–water partition coefficient (Wildman–Crippen LogP) is 1.18. The van der Waals surface area contributed by atoms with Gasteiger partial charge in [-0.05, 0) is 12.1 Å². The Morgan fingerprint density at radius 1 is 1.33 bits per heavy atom. The maximum absolute atomic E-state index is 12.4. The number of aryl methyl sites for hydroxylation is 1. The molecule has 0 fully saturated rings. The SMILES string of the molecule is CN(c1ccccc1)S(=O)(=O)c1cnn(CCC(=O)O)c1. The van der Waals surface area contributed by atoms with Gasteiger partial charge >= 0.3 is 5.97 Å². The molecule has 0 amide bonds. The third-order valence-corrected chi connectivity index (χ3v) is 4.68.